The fourth-order valence-corrected chi connectivity index (χ4v) is 1.58. The zero-order chi connectivity index (χ0) is 12.1. The Balaban J connectivity index is 2.81. The van der Waals surface area contributed by atoms with Gasteiger partial charge in [0.2, 0.25) is 5.91 Å². The highest BCUT2D eigenvalue weighted by Crippen LogP contribution is 2.27. The quantitative estimate of drug-likeness (QED) is 0.678. The van der Waals surface area contributed by atoms with Crippen LogP contribution in [0.4, 0.5) is 11.4 Å². The second kappa shape index (κ2) is 5.57. The minimum absolute atomic E-state index is 0.0512. The van der Waals surface area contributed by atoms with Gasteiger partial charge >= 0.3 is 0 Å². The molecule has 0 bridgehead atoms. The third kappa shape index (κ3) is 3.28. The number of benzene rings is 1. The maximum Gasteiger partial charge on any atom is 0.283 e. The van der Waals surface area contributed by atoms with E-state index >= 15 is 0 Å². The molecule has 0 heterocycles. The van der Waals surface area contributed by atoms with Gasteiger partial charge in [0.1, 0.15) is 6.61 Å². The van der Waals surface area contributed by atoms with Gasteiger partial charge in [-0.1, -0.05) is 0 Å². The van der Waals surface area contributed by atoms with E-state index in [1.54, 1.807) is 0 Å². The van der Waals surface area contributed by atoms with Crippen molar-refractivity contribution in [2.24, 2.45) is 0 Å². The number of methoxy groups -OCH3 is 1. The Kier molecular flexibility index (Phi) is 4.39. The Morgan fingerprint density at radius 2 is 2.31 bits per heavy atom. The number of hydrogen-bond acceptors (Lipinski definition) is 4. The van der Waals surface area contributed by atoms with Gasteiger partial charge in [0, 0.05) is 18.9 Å². The number of carbonyl (C=O) groups excluding carboxylic acids is 1. The second-order valence-corrected chi connectivity index (χ2v) is 3.76. The number of nitrogens with one attached hydrogen (secondary N) is 1. The molecule has 0 radical (unpaired) electrons. The first kappa shape index (κ1) is 12.6. The summed E-state index contributed by atoms with van der Waals surface area (Å²) in [7, 11) is 1.41. The van der Waals surface area contributed by atoms with E-state index in [4.69, 9.17) is 0 Å². The normalized spacial score (nSPS) is 9.88. The van der Waals surface area contributed by atoms with Crippen molar-refractivity contribution in [3.05, 3.63) is 32.8 Å². The van der Waals surface area contributed by atoms with E-state index in [0.29, 0.717) is 10.2 Å². The lowest BCUT2D eigenvalue weighted by atomic mass is 10.3. The summed E-state index contributed by atoms with van der Waals surface area (Å²) in [5, 5.41) is 13.1. The number of hydrogen-bond donors (Lipinski definition) is 1. The molecule has 0 atom stereocenters. The van der Waals surface area contributed by atoms with Crippen LogP contribution in [-0.2, 0) is 9.53 Å². The van der Waals surface area contributed by atoms with Crippen molar-refractivity contribution in [1.82, 2.24) is 0 Å². The molecule has 0 saturated carbocycles. The predicted octanol–water partition coefficient (Wildman–Crippen LogP) is 1.94. The molecule has 0 unspecified atom stereocenters. The van der Waals surface area contributed by atoms with Crippen LogP contribution in [0.3, 0.4) is 0 Å². The first-order valence-electron chi connectivity index (χ1n) is 4.27. The highest BCUT2D eigenvalue weighted by Gasteiger charge is 2.12. The molecule has 0 aliphatic rings. The van der Waals surface area contributed by atoms with E-state index in [0.717, 1.165) is 0 Å². The molecule has 16 heavy (non-hydrogen) atoms. The Bertz CT molecular complexity index is 422. The molecular formula is C9H9BrN2O4. The molecule has 7 heteroatoms. The van der Waals surface area contributed by atoms with Crippen molar-refractivity contribution in [2.75, 3.05) is 19.0 Å². The molecule has 1 aromatic carbocycles. The van der Waals surface area contributed by atoms with Crippen molar-refractivity contribution in [2.45, 2.75) is 0 Å². The Morgan fingerprint density at radius 3 is 2.81 bits per heavy atom. The third-order valence-corrected chi connectivity index (χ3v) is 2.34. The predicted molar refractivity (Wildman–Crippen MR) is 61.3 cm³/mol. The molecular weight excluding hydrogens is 280 g/mol. The molecule has 86 valence electrons. The van der Waals surface area contributed by atoms with Crippen LogP contribution in [0.5, 0.6) is 0 Å². The van der Waals surface area contributed by atoms with Gasteiger partial charge in [0.05, 0.1) is 9.40 Å². The first-order chi connectivity index (χ1) is 7.54. The summed E-state index contributed by atoms with van der Waals surface area (Å²) in [6.45, 7) is -0.0609. The van der Waals surface area contributed by atoms with Gasteiger partial charge in [-0.2, -0.15) is 0 Å². The molecule has 1 N–H and O–H groups in total. The van der Waals surface area contributed by atoms with E-state index in [-0.39, 0.29) is 18.2 Å². The van der Waals surface area contributed by atoms with Crippen molar-refractivity contribution in [3.63, 3.8) is 0 Å². The number of ether oxygens (including phenoxy) is 1. The standard InChI is InChI=1S/C9H9BrN2O4/c1-16-5-9(13)11-6-2-3-8(12(14)15)7(10)4-6/h2-4H,5H2,1H3,(H,11,13). The minimum Gasteiger partial charge on any atom is -0.375 e. The number of carbonyl (C=O) groups is 1. The summed E-state index contributed by atoms with van der Waals surface area (Å²) < 4.78 is 4.95. The minimum atomic E-state index is -0.509. The fourth-order valence-electron chi connectivity index (χ4n) is 1.06. The highest BCUT2D eigenvalue weighted by atomic mass is 79.9. The summed E-state index contributed by atoms with van der Waals surface area (Å²) in [6.07, 6.45) is 0. The maximum atomic E-state index is 11.2. The van der Waals surface area contributed by atoms with Gasteiger partial charge in [0.15, 0.2) is 0 Å². The van der Waals surface area contributed by atoms with E-state index < -0.39 is 4.92 Å². The zero-order valence-corrected chi connectivity index (χ0v) is 9.98. The lowest BCUT2D eigenvalue weighted by Gasteiger charge is -2.04. The summed E-state index contributed by atoms with van der Waals surface area (Å²) in [5.74, 6) is -0.316. The summed E-state index contributed by atoms with van der Waals surface area (Å²) in [5.41, 5.74) is 0.421. The Morgan fingerprint density at radius 1 is 1.62 bits per heavy atom. The van der Waals surface area contributed by atoms with Crippen LogP contribution in [0.25, 0.3) is 0 Å². The van der Waals surface area contributed by atoms with Crippen LogP contribution in [0.2, 0.25) is 0 Å². The number of nitro groups is 1. The molecule has 0 aromatic heterocycles. The van der Waals surface area contributed by atoms with Gasteiger partial charge in [-0.25, -0.2) is 0 Å². The average molecular weight is 289 g/mol. The van der Waals surface area contributed by atoms with Crippen LogP contribution in [0.1, 0.15) is 0 Å². The van der Waals surface area contributed by atoms with Gasteiger partial charge in [-0.3, -0.25) is 14.9 Å². The number of amides is 1. The molecule has 0 spiro atoms. The molecule has 6 nitrogen and oxygen atoms in total. The molecule has 0 saturated heterocycles. The zero-order valence-electron chi connectivity index (χ0n) is 8.40. The summed E-state index contributed by atoms with van der Waals surface area (Å²) in [4.78, 5) is 21.2. The Labute approximate surface area is 99.9 Å². The number of anilines is 1. The molecule has 1 aromatic rings. The average Bonchev–Trinajstić information content (AvgIpc) is 2.17. The lowest BCUT2D eigenvalue weighted by molar-refractivity contribution is -0.385. The van der Waals surface area contributed by atoms with Gasteiger partial charge in [-0.15, -0.1) is 0 Å². The van der Waals surface area contributed by atoms with Crippen LogP contribution in [0.15, 0.2) is 22.7 Å². The SMILES string of the molecule is COCC(=O)Nc1ccc([N+](=O)[O-])c(Br)c1. The van der Waals surface area contributed by atoms with E-state index in [1.165, 1.54) is 25.3 Å². The monoisotopic (exact) mass is 288 g/mol. The van der Waals surface area contributed by atoms with Crippen molar-refractivity contribution in [1.29, 1.82) is 0 Å². The van der Waals surface area contributed by atoms with E-state index in [2.05, 4.69) is 26.0 Å². The third-order valence-electron chi connectivity index (χ3n) is 1.70. The molecule has 1 amide bonds. The van der Waals surface area contributed by atoms with Crippen LogP contribution in [0, 0.1) is 10.1 Å². The van der Waals surface area contributed by atoms with Crippen molar-refractivity contribution >= 4 is 33.2 Å². The topological polar surface area (TPSA) is 81.5 Å². The van der Waals surface area contributed by atoms with Crippen LogP contribution in [-0.4, -0.2) is 24.5 Å². The Hall–Kier alpha value is -1.47. The van der Waals surface area contributed by atoms with Crippen LogP contribution >= 0.6 is 15.9 Å². The second-order valence-electron chi connectivity index (χ2n) is 2.90. The van der Waals surface area contributed by atoms with Gasteiger partial charge in [0.25, 0.3) is 5.69 Å². The van der Waals surface area contributed by atoms with Crippen molar-refractivity contribution < 1.29 is 14.5 Å². The van der Waals surface area contributed by atoms with Gasteiger partial charge in [-0.05, 0) is 28.1 Å². The first-order valence-corrected chi connectivity index (χ1v) is 5.06. The summed E-state index contributed by atoms with van der Waals surface area (Å²) in [6, 6.07) is 4.23. The van der Waals surface area contributed by atoms with Crippen molar-refractivity contribution in [3.8, 4) is 0 Å². The lowest BCUT2D eigenvalue weighted by Crippen LogP contribution is -2.17. The molecule has 0 aliphatic carbocycles. The van der Waals surface area contributed by atoms with Gasteiger partial charge < -0.3 is 10.1 Å². The number of nitro benzene ring substituents is 1. The number of nitrogens with zero attached hydrogens (tertiary/aromatic N) is 1. The van der Waals surface area contributed by atoms with Crippen LogP contribution < -0.4 is 5.32 Å². The number of halogens is 1. The smallest absolute Gasteiger partial charge is 0.283 e. The molecule has 0 aliphatic heterocycles. The highest BCUT2D eigenvalue weighted by molar-refractivity contribution is 9.10. The largest absolute Gasteiger partial charge is 0.375 e. The summed E-state index contributed by atoms with van der Waals surface area (Å²) >= 11 is 3.05. The fraction of sp³-hybridized carbons (Fsp3) is 0.222. The van der Waals surface area contributed by atoms with E-state index in [1.807, 2.05) is 0 Å². The number of rotatable bonds is 4. The maximum absolute atomic E-state index is 11.2. The van der Waals surface area contributed by atoms with E-state index in [9.17, 15) is 14.9 Å². The molecule has 0 fully saturated rings. The molecule has 1 rings (SSSR count).